The molecular formula is C16H15BrO2. The number of ether oxygens (including phenoxy) is 1. The number of carbonyl (C=O) groups excluding carboxylic acids is 1. The van der Waals surface area contributed by atoms with Crippen molar-refractivity contribution in [1.82, 2.24) is 0 Å². The summed E-state index contributed by atoms with van der Waals surface area (Å²) in [6.07, 6.45) is 0. The first-order valence-electron chi connectivity index (χ1n) is 5.98. The van der Waals surface area contributed by atoms with Gasteiger partial charge in [0, 0.05) is 10.0 Å². The highest BCUT2D eigenvalue weighted by atomic mass is 79.9. The molecule has 0 saturated heterocycles. The maximum atomic E-state index is 12.6. The summed E-state index contributed by atoms with van der Waals surface area (Å²) in [4.78, 5) is 12.6. The van der Waals surface area contributed by atoms with Crippen LogP contribution < -0.4 is 4.74 Å². The van der Waals surface area contributed by atoms with E-state index in [1.807, 2.05) is 50.2 Å². The fourth-order valence-electron chi connectivity index (χ4n) is 2.13. The first kappa shape index (κ1) is 13.8. The molecule has 0 aliphatic heterocycles. The third kappa shape index (κ3) is 2.87. The molecule has 0 saturated carbocycles. The van der Waals surface area contributed by atoms with E-state index in [0.717, 1.165) is 15.6 Å². The number of halogens is 1. The van der Waals surface area contributed by atoms with Crippen LogP contribution in [0.25, 0.3) is 0 Å². The zero-order valence-corrected chi connectivity index (χ0v) is 12.7. The Morgan fingerprint density at radius 3 is 2.32 bits per heavy atom. The van der Waals surface area contributed by atoms with Gasteiger partial charge in [-0.05, 0) is 55.3 Å². The van der Waals surface area contributed by atoms with Gasteiger partial charge in [-0.15, -0.1) is 0 Å². The van der Waals surface area contributed by atoms with Crippen molar-refractivity contribution >= 4 is 21.7 Å². The highest BCUT2D eigenvalue weighted by Crippen LogP contribution is 2.27. The molecule has 98 valence electrons. The summed E-state index contributed by atoms with van der Waals surface area (Å²) in [6.45, 7) is 3.92. The summed E-state index contributed by atoms with van der Waals surface area (Å²) in [6, 6.07) is 11.2. The second-order valence-corrected chi connectivity index (χ2v) is 5.41. The minimum Gasteiger partial charge on any atom is -0.496 e. The van der Waals surface area contributed by atoms with Crippen LogP contribution in [0.1, 0.15) is 27.0 Å². The third-order valence-electron chi connectivity index (χ3n) is 3.00. The van der Waals surface area contributed by atoms with Crippen molar-refractivity contribution in [3.8, 4) is 5.75 Å². The van der Waals surface area contributed by atoms with Gasteiger partial charge >= 0.3 is 0 Å². The van der Waals surface area contributed by atoms with Gasteiger partial charge in [-0.3, -0.25) is 4.79 Å². The summed E-state index contributed by atoms with van der Waals surface area (Å²) in [5.74, 6) is 0.618. The fourth-order valence-corrected chi connectivity index (χ4v) is 2.39. The molecule has 0 radical (unpaired) electrons. The number of hydrogen-bond acceptors (Lipinski definition) is 2. The fraction of sp³-hybridized carbons (Fsp3) is 0.188. The van der Waals surface area contributed by atoms with Crippen molar-refractivity contribution in [3.05, 3.63) is 63.1 Å². The predicted octanol–water partition coefficient (Wildman–Crippen LogP) is 4.31. The minimum absolute atomic E-state index is 0.0122. The average molecular weight is 319 g/mol. The first-order valence-corrected chi connectivity index (χ1v) is 6.77. The monoisotopic (exact) mass is 318 g/mol. The summed E-state index contributed by atoms with van der Waals surface area (Å²) < 4.78 is 6.30. The van der Waals surface area contributed by atoms with Crippen LogP contribution in [0.3, 0.4) is 0 Å². The Hall–Kier alpha value is -1.61. The summed E-state index contributed by atoms with van der Waals surface area (Å²) in [5.41, 5.74) is 3.32. The van der Waals surface area contributed by atoms with Crippen molar-refractivity contribution in [2.75, 3.05) is 7.11 Å². The van der Waals surface area contributed by atoms with Crippen LogP contribution in [0.5, 0.6) is 5.75 Å². The molecule has 2 aromatic rings. The Morgan fingerprint density at radius 2 is 1.74 bits per heavy atom. The van der Waals surface area contributed by atoms with Crippen molar-refractivity contribution in [2.24, 2.45) is 0 Å². The van der Waals surface area contributed by atoms with E-state index in [9.17, 15) is 4.79 Å². The van der Waals surface area contributed by atoms with Crippen LogP contribution in [-0.4, -0.2) is 12.9 Å². The van der Waals surface area contributed by atoms with E-state index in [2.05, 4.69) is 15.9 Å². The number of methoxy groups -OCH3 is 1. The minimum atomic E-state index is -0.0122. The van der Waals surface area contributed by atoms with Gasteiger partial charge in [0.1, 0.15) is 5.75 Å². The predicted molar refractivity (Wildman–Crippen MR) is 80.0 cm³/mol. The van der Waals surface area contributed by atoms with Crippen LogP contribution in [0.2, 0.25) is 0 Å². The van der Waals surface area contributed by atoms with Crippen molar-refractivity contribution < 1.29 is 9.53 Å². The molecule has 2 aromatic carbocycles. The van der Waals surface area contributed by atoms with E-state index in [-0.39, 0.29) is 5.78 Å². The molecule has 3 heteroatoms. The number of hydrogen-bond donors (Lipinski definition) is 0. The highest BCUT2D eigenvalue weighted by molar-refractivity contribution is 9.10. The lowest BCUT2D eigenvalue weighted by Gasteiger charge is -2.12. The molecule has 0 aromatic heterocycles. The molecule has 0 unspecified atom stereocenters. The number of rotatable bonds is 3. The Kier molecular flexibility index (Phi) is 4.05. The highest BCUT2D eigenvalue weighted by Gasteiger charge is 2.17. The molecule has 2 rings (SSSR count). The summed E-state index contributed by atoms with van der Waals surface area (Å²) >= 11 is 3.37. The molecule has 0 spiro atoms. The second kappa shape index (κ2) is 5.57. The van der Waals surface area contributed by atoms with Gasteiger partial charge in [-0.2, -0.15) is 0 Å². The Bertz CT molecular complexity index is 615. The molecule has 0 N–H and O–H groups in total. The molecule has 0 aliphatic rings. The molecular weight excluding hydrogens is 304 g/mol. The van der Waals surface area contributed by atoms with Crippen LogP contribution in [0, 0.1) is 13.8 Å². The SMILES string of the molecule is COc1cc(C)cc(C)c1C(=O)c1ccc(Br)cc1. The molecule has 2 nitrogen and oxygen atoms in total. The van der Waals surface area contributed by atoms with E-state index in [1.165, 1.54) is 0 Å². The molecule has 0 bridgehead atoms. The maximum absolute atomic E-state index is 12.6. The van der Waals surface area contributed by atoms with Crippen molar-refractivity contribution in [2.45, 2.75) is 13.8 Å². The van der Waals surface area contributed by atoms with E-state index in [4.69, 9.17) is 4.74 Å². The van der Waals surface area contributed by atoms with Gasteiger partial charge in [-0.25, -0.2) is 0 Å². The average Bonchev–Trinajstić information content (AvgIpc) is 2.38. The topological polar surface area (TPSA) is 26.3 Å². The first-order chi connectivity index (χ1) is 9.02. The normalized spacial score (nSPS) is 10.3. The quantitative estimate of drug-likeness (QED) is 0.788. The molecule has 19 heavy (non-hydrogen) atoms. The van der Waals surface area contributed by atoms with Gasteiger partial charge in [0.05, 0.1) is 12.7 Å². The lowest BCUT2D eigenvalue weighted by molar-refractivity contribution is 0.103. The smallest absolute Gasteiger partial charge is 0.197 e. The van der Waals surface area contributed by atoms with Crippen molar-refractivity contribution in [3.63, 3.8) is 0 Å². The number of ketones is 1. The second-order valence-electron chi connectivity index (χ2n) is 4.50. The summed E-state index contributed by atoms with van der Waals surface area (Å²) in [7, 11) is 1.59. The lowest BCUT2D eigenvalue weighted by Crippen LogP contribution is -2.06. The van der Waals surface area contributed by atoms with Crippen LogP contribution in [0.15, 0.2) is 40.9 Å². The van der Waals surface area contributed by atoms with E-state index in [0.29, 0.717) is 16.9 Å². The molecule has 0 fully saturated rings. The molecule has 0 atom stereocenters. The molecule has 0 heterocycles. The number of benzene rings is 2. The summed E-state index contributed by atoms with van der Waals surface area (Å²) in [5, 5.41) is 0. The van der Waals surface area contributed by atoms with Crippen molar-refractivity contribution in [1.29, 1.82) is 0 Å². The Labute approximate surface area is 121 Å². The van der Waals surface area contributed by atoms with E-state index in [1.54, 1.807) is 7.11 Å². The van der Waals surface area contributed by atoms with E-state index >= 15 is 0 Å². The standard InChI is InChI=1S/C16H15BrO2/c1-10-8-11(2)15(14(9-10)19-3)16(18)12-4-6-13(17)7-5-12/h4-9H,1-3H3. The third-order valence-corrected chi connectivity index (χ3v) is 3.53. The molecule has 0 amide bonds. The lowest BCUT2D eigenvalue weighted by atomic mass is 9.96. The maximum Gasteiger partial charge on any atom is 0.197 e. The Morgan fingerprint density at radius 1 is 1.11 bits per heavy atom. The van der Waals surface area contributed by atoms with Gasteiger partial charge in [0.2, 0.25) is 0 Å². The van der Waals surface area contributed by atoms with Gasteiger partial charge in [0.15, 0.2) is 5.78 Å². The largest absolute Gasteiger partial charge is 0.496 e. The van der Waals surface area contributed by atoms with Crippen LogP contribution >= 0.6 is 15.9 Å². The Balaban J connectivity index is 2.52. The van der Waals surface area contributed by atoms with E-state index < -0.39 is 0 Å². The number of carbonyl (C=O) groups is 1. The zero-order valence-electron chi connectivity index (χ0n) is 11.2. The van der Waals surface area contributed by atoms with Gasteiger partial charge in [-0.1, -0.05) is 22.0 Å². The number of aryl methyl sites for hydroxylation is 2. The zero-order chi connectivity index (χ0) is 14.0. The molecule has 0 aliphatic carbocycles. The van der Waals surface area contributed by atoms with Gasteiger partial charge in [0.25, 0.3) is 0 Å². The van der Waals surface area contributed by atoms with Gasteiger partial charge < -0.3 is 4.74 Å². The van der Waals surface area contributed by atoms with Crippen LogP contribution in [-0.2, 0) is 0 Å². The van der Waals surface area contributed by atoms with Crippen LogP contribution in [0.4, 0.5) is 0 Å².